The second-order valence-corrected chi connectivity index (χ2v) is 6.47. The summed E-state index contributed by atoms with van der Waals surface area (Å²) in [5.41, 5.74) is 0.871. The van der Waals surface area contributed by atoms with Crippen molar-refractivity contribution in [3.8, 4) is 11.5 Å². The van der Waals surface area contributed by atoms with E-state index >= 15 is 0 Å². The maximum absolute atomic E-state index is 12.4. The highest BCUT2D eigenvalue weighted by atomic mass is 16.5. The number of hydrogen-bond donors (Lipinski definition) is 2. The molecule has 7 nitrogen and oxygen atoms in total. The van der Waals surface area contributed by atoms with Crippen LogP contribution < -0.4 is 10.1 Å². The zero-order valence-electron chi connectivity index (χ0n) is 16.5. The molecule has 0 saturated carbocycles. The van der Waals surface area contributed by atoms with Crippen LogP contribution in [0.5, 0.6) is 11.5 Å². The van der Waals surface area contributed by atoms with E-state index in [-0.39, 0.29) is 29.2 Å². The molecule has 1 heterocycles. The van der Waals surface area contributed by atoms with Crippen molar-refractivity contribution in [3.63, 3.8) is 0 Å². The third-order valence-electron chi connectivity index (χ3n) is 4.56. The molecule has 0 aliphatic carbocycles. The van der Waals surface area contributed by atoms with Gasteiger partial charge in [0.2, 0.25) is 0 Å². The first kappa shape index (κ1) is 21.2. The average molecular weight is 386 g/mol. The summed E-state index contributed by atoms with van der Waals surface area (Å²) >= 11 is 0. The van der Waals surface area contributed by atoms with Crippen LogP contribution >= 0.6 is 0 Å². The Balaban J connectivity index is 2.01. The number of amides is 1. The number of benzene rings is 1. The SMILES string of the molecule is CC[C@@H](c1ccccc1)[C@H](C)OC(=O)[C@H](C)NC(=O)c1nccc(OC)c1O. The minimum Gasteiger partial charge on any atom is -0.503 e. The molecule has 0 aliphatic heterocycles. The van der Waals surface area contributed by atoms with Gasteiger partial charge in [0.1, 0.15) is 12.1 Å². The number of carbonyl (C=O) groups excluding carboxylic acids is 2. The van der Waals surface area contributed by atoms with E-state index in [1.807, 2.05) is 44.2 Å². The zero-order valence-corrected chi connectivity index (χ0v) is 16.5. The predicted molar refractivity (Wildman–Crippen MR) is 104 cm³/mol. The standard InChI is InChI=1S/C21H26N2O5/c1-5-16(15-9-7-6-8-10-15)14(3)28-21(26)13(2)23-20(25)18-19(24)17(27-4)11-12-22-18/h6-14,16,24H,5H2,1-4H3,(H,23,25)/t13-,14-,16+/m0/s1. The van der Waals surface area contributed by atoms with Crippen LogP contribution in [0.1, 0.15) is 49.2 Å². The van der Waals surface area contributed by atoms with Gasteiger partial charge in [0.15, 0.2) is 17.2 Å². The molecule has 0 fully saturated rings. The molecule has 0 saturated heterocycles. The molecular weight excluding hydrogens is 360 g/mol. The molecule has 150 valence electrons. The lowest BCUT2D eigenvalue weighted by molar-refractivity contribution is -0.151. The highest BCUT2D eigenvalue weighted by Gasteiger charge is 2.26. The quantitative estimate of drug-likeness (QED) is 0.677. The fraction of sp³-hybridized carbons (Fsp3) is 0.381. The Morgan fingerprint density at radius 1 is 1.18 bits per heavy atom. The molecule has 1 amide bonds. The second-order valence-electron chi connectivity index (χ2n) is 6.47. The monoisotopic (exact) mass is 386 g/mol. The van der Waals surface area contributed by atoms with E-state index in [1.165, 1.54) is 26.3 Å². The maximum atomic E-state index is 12.4. The van der Waals surface area contributed by atoms with Crippen molar-refractivity contribution in [2.45, 2.75) is 45.3 Å². The summed E-state index contributed by atoms with van der Waals surface area (Å²) in [5.74, 6) is -1.46. The van der Waals surface area contributed by atoms with Gasteiger partial charge in [0.25, 0.3) is 5.91 Å². The predicted octanol–water partition coefficient (Wildman–Crippen LogP) is 3.04. The van der Waals surface area contributed by atoms with Gasteiger partial charge in [0.05, 0.1) is 7.11 Å². The molecule has 0 aliphatic rings. The molecule has 2 rings (SSSR count). The number of nitrogens with zero attached hydrogens (tertiary/aromatic N) is 1. The summed E-state index contributed by atoms with van der Waals surface area (Å²) in [6, 6.07) is 10.4. The highest BCUT2D eigenvalue weighted by Crippen LogP contribution is 2.28. The molecule has 7 heteroatoms. The third kappa shape index (κ3) is 5.00. The van der Waals surface area contributed by atoms with Gasteiger partial charge in [-0.2, -0.15) is 0 Å². The number of rotatable bonds is 8. The van der Waals surface area contributed by atoms with Gasteiger partial charge in [0, 0.05) is 18.2 Å². The van der Waals surface area contributed by atoms with Crippen LogP contribution in [0.15, 0.2) is 42.6 Å². The van der Waals surface area contributed by atoms with E-state index in [0.29, 0.717) is 0 Å². The van der Waals surface area contributed by atoms with E-state index in [9.17, 15) is 14.7 Å². The van der Waals surface area contributed by atoms with Crippen molar-refractivity contribution in [2.75, 3.05) is 7.11 Å². The largest absolute Gasteiger partial charge is 0.503 e. The van der Waals surface area contributed by atoms with Crippen LogP contribution in [0.25, 0.3) is 0 Å². The Morgan fingerprint density at radius 3 is 2.46 bits per heavy atom. The lowest BCUT2D eigenvalue weighted by Crippen LogP contribution is -2.41. The van der Waals surface area contributed by atoms with Gasteiger partial charge in [-0.1, -0.05) is 37.3 Å². The third-order valence-corrected chi connectivity index (χ3v) is 4.56. The molecular formula is C21H26N2O5. The van der Waals surface area contributed by atoms with Crippen LogP contribution in [0, 0.1) is 0 Å². The van der Waals surface area contributed by atoms with Crippen LogP contribution in [-0.2, 0) is 9.53 Å². The lowest BCUT2D eigenvalue weighted by atomic mass is 9.92. The summed E-state index contributed by atoms with van der Waals surface area (Å²) in [6.45, 7) is 5.39. The maximum Gasteiger partial charge on any atom is 0.328 e. The van der Waals surface area contributed by atoms with Gasteiger partial charge in [-0.05, 0) is 25.8 Å². The normalized spacial score (nSPS) is 13.9. The summed E-state index contributed by atoms with van der Waals surface area (Å²) in [5, 5.41) is 12.5. The van der Waals surface area contributed by atoms with E-state index in [4.69, 9.17) is 9.47 Å². The van der Waals surface area contributed by atoms with Crippen LogP contribution in [0.4, 0.5) is 0 Å². The van der Waals surface area contributed by atoms with Crippen molar-refractivity contribution in [1.29, 1.82) is 0 Å². The van der Waals surface area contributed by atoms with E-state index < -0.39 is 17.9 Å². The molecule has 2 N–H and O–H groups in total. The summed E-state index contributed by atoms with van der Waals surface area (Å²) in [4.78, 5) is 28.6. The van der Waals surface area contributed by atoms with Crippen LogP contribution in [-0.4, -0.2) is 41.2 Å². The molecule has 0 bridgehead atoms. The van der Waals surface area contributed by atoms with Gasteiger partial charge >= 0.3 is 5.97 Å². The number of esters is 1. The molecule has 0 spiro atoms. The summed E-state index contributed by atoms with van der Waals surface area (Å²) < 4.78 is 10.5. The van der Waals surface area contributed by atoms with E-state index in [2.05, 4.69) is 10.3 Å². The van der Waals surface area contributed by atoms with E-state index in [0.717, 1.165) is 12.0 Å². The molecule has 0 unspecified atom stereocenters. The fourth-order valence-electron chi connectivity index (χ4n) is 3.00. The fourth-order valence-corrected chi connectivity index (χ4v) is 3.00. The number of carbonyl (C=O) groups is 2. The lowest BCUT2D eigenvalue weighted by Gasteiger charge is -2.25. The summed E-state index contributed by atoms with van der Waals surface area (Å²) in [7, 11) is 1.37. The van der Waals surface area contributed by atoms with Gasteiger partial charge in [-0.3, -0.25) is 4.79 Å². The first-order valence-corrected chi connectivity index (χ1v) is 9.17. The topological polar surface area (TPSA) is 97.8 Å². The average Bonchev–Trinajstić information content (AvgIpc) is 2.69. The first-order chi connectivity index (χ1) is 13.4. The van der Waals surface area contributed by atoms with Crippen molar-refractivity contribution >= 4 is 11.9 Å². The Morgan fingerprint density at radius 2 is 1.86 bits per heavy atom. The van der Waals surface area contributed by atoms with Crippen molar-refractivity contribution in [3.05, 3.63) is 53.9 Å². The molecule has 28 heavy (non-hydrogen) atoms. The second kappa shape index (κ2) is 9.73. The number of hydrogen-bond acceptors (Lipinski definition) is 6. The van der Waals surface area contributed by atoms with Crippen molar-refractivity contribution in [2.24, 2.45) is 0 Å². The number of pyridine rings is 1. The number of nitrogens with one attached hydrogen (secondary N) is 1. The van der Waals surface area contributed by atoms with Gasteiger partial charge < -0.3 is 19.9 Å². The number of ether oxygens (including phenoxy) is 2. The Bertz CT molecular complexity index is 810. The minimum atomic E-state index is -0.907. The van der Waals surface area contributed by atoms with E-state index in [1.54, 1.807) is 0 Å². The number of methoxy groups -OCH3 is 1. The van der Waals surface area contributed by atoms with Crippen molar-refractivity contribution < 1.29 is 24.2 Å². The van der Waals surface area contributed by atoms with Gasteiger partial charge in [-0.25, -0.2) is 9.78 Å². The van der Waals surface area contributed by atoms with Gasteiger partial charge in [-0.15, -0.1) is 0 Å². The molecule has 1 aromatic carbocycles. The Kier molecular flexibility index (Phi) is 7.37. The minimum absolute atomic E-state index is 0.0529. The molecule has 1 aromatic heterocycles. The first-order valence-electron chi connectivity index (χ1n) is 9.17. The summed E-state index contributed by atoms with van der Waals surface area (Å²) in [6.07, 6.45) is 1.79. The molecule has 2 aromatic rings. The number of aromatic hydroxyl groups is 1. The molecule has 3 atom stereocenters. The Labute approximate surface area is 164 Å². The highest BCUT2D eigenvalue weighted by molar-refractivity contribution is 5.97. The van der Waals surface area contributed by atoms with Crippen molar-refractivity contribution in [1.82, 2.24) is 10.3 Å². The zero-order chi connectivity index (χ0) is 20.7. The Hall–Kier alpha value is -3.09. The van der Waals surface area contributed by atoms with Crippen LogP contribution in [0.3, 0.4) is 0 Å². The van der Waals surface area contributed by atoms with Crippen LogP contribution in [0.2, 0.25) is 0 Å². The smallest absolute Gasteiger partial charge is 0.328 e. The molecule has 0 radical (unpaired) electrons. The number of aromatic nitrogens is 1.